The molecule has 186 valence electrons. The lowest BCUT2D eigenvalue weighted by molar-refractivity contribution is 0.0734. The lowest BCUT2D eigenvalue weighted by atomic mass is 10.1. The Kier molecular flexibility index (Phi) is 11.2. The molecule has 0 aromatic heterocycles. The van der Waals surface area contributed by atoms with Gasteiger partial charge in [-0.15, -0.1) is 0 Å². The van der Waals surface area contributed by atoms with E-state index in [9.17, 15) is 4.79 Å². The molecule has 0 aliphatic carbocycles. The van der Waals surface area contributed by atoms with Crippen LogP contribution in [0.5, 0.6) is 11.5 Å². The Labute approximate surface area is 213 Å². The summed E-state index contributed by atoms with van der Waals surface area (Å²) in [6.45, 7) is 2.98. The summed E-state index contributed by atoms with van der Waals surface area (Å²) in [6, 6.07) is 22.7. The van der Waals surface area contributed by atoms with Gasteiger partial charge in [-0.1, -0.05) is 51.9 Å². The van der Waals surface area contributed by atoms with Crippen LogP contribution in [0.4, 0.5) is 11.4 Å². The number of unbranched alkanes of at least 4 members (excludes halogenated alkanes) is 7. The fourth-order valence-electron chi connectivity index (χ4n) is 3.58. The van der Waals surface area contributed by atoms with Gasteiger partial charge in [-0.3, -0.25) is 0 Å². The number of hydrogen-bond donors (Lipinski definition) is 0. The van der Waals surface area contributed by atoms with Gasteiger partial charge in [-0.2, -0.15) is 15.5 Å². The maximum absolute atomic E-state index is 12.2. The standard InChI is InChI=1S/C30H33N3O3/c1-2-3-4-5-6-7-8-9-22-35-28-18-14-26(15-19-28)32-33-27-16-20-29(21-17-27)36-30(34)25-12-10-24(23-31)11-13-25/h10-21H,2-9,22H2,1H3. The molecule has 3 aromatic rings. The van der Waals surface area contributed by atoms with E-state index in [1.165, 1.54) is 44.9 Å². The third-order valence-electron chi connectivity index (χ3n) is 5.68. The van der Waals surface area contributed by atoms with E-state index in [-0.39, 0.29) is 0 Å². The summed E-state index contributed by atoms with van der Waals surface area (Å²) in [5.74, 6) is 0.755. The zero-order valence-electron chi connectivity index (χ0n) is 20.9. The summed E-state index contributed by atoms with van der Waals surface area (Å²) in [4.78, 5) is 12.2. The van der Waals surface area contributed by atoms with Gasteiger partial charge in [0.15, 0.2) is 0 Å². The van der Waals surface area contributed by atoms with Gasteiger partial charge >= 0.3 is 5.97 Å². The molecule has 3 aromatic carbocycles. The largest absolute Gasteiger partial charge is 0.494 e. The van der Waals surface area contributed by atoms with Gasteiger partial charge in [0.05, 0.1) is 35.2 Å². The van der Waals surface area contributed by atoms with Gasteiger partial charge in [0, 0.05) is 0 Å². The quantitative estimate of drug-likeness (QED) is 0.0993. The van der Waals surface area contributed by atoms with Crippen molar-refractivity contribution in [3.63, 3.8) is 0 Å². The van der Waals surface area contributed by atoms with Crippen molar-refractivity contribution < 1.29 is 14.3 Å². The first-order valence-electron chi connectivity index (χ1n) is 12.6. The molecule has 0 saturated carbocycles. The third-order valence-corrected chi connectivity index (χ3v) is 5.68. The first-order chi connectivity index (χ1) is 17.7. The minimum atomic E-state index is -0.487. The van der Waals surface area contributed by atoms with E-state index < -0.39 is 5.97 Å². The van der Waals surface area contributed by atoms with Gasteiger partial charge < -0.3 is 9.47 Å². The predicted molar refractivity (Wildman–Crippen MR) is 141 cm³/mol. The molecule has 6 nitrogen and oxygen atoms in total. The highest BCUT2D eigenvalue weighted by Gasteiger charge is 2.08. The number of carbonyl (C=O) groups is 1. The molecule has 36 heavy (non-hydrogen) atoms. The second-order valence-electron chi connectivity index (χ2n) is 8.59. The maximum atomic E-state index is 12.2. The van der Waals surface area contributed by atoms with Crippen molar-refractivity contribution in [2.45, 2.75) is 58.3 Å². The van der Waals surface area contributed by atoms with Gasteiger partial charge in [-0.25, -0.2) is 4.79 Å². The van der Waals surface area contributed by atoms with Crippen LogP contribution in [0.15, 0.2) is 83.0 Å². The number of carbonyl (C=O) groups excluding carboxylic acids is 1. The summed E-state index contributed by atoms with van der Waals surface area (Å²) >= 11 is 0. The molecule has 0 aliphatic rings. The molecule has 0 unspecified atom stereocenters. The molecule has 3 rings (SSSR count). The smallest absolute Gasteiger partial charge is 0.343 e. The molecule has 0 aliphatic heterocycles. The summed E-state index contributed by atoms with van der Waals surface area (Å²) in [7, 11) is 0. The van der Waals surface area contributed by atoms with E-state index in [4.69, 9.17) is 14.7 Å². The molecule has 6 heteroatoms. The Morgan fingerprint density at radius 3 is 1.81 bits per heavy atom. The van der Waals surface area contributed by atoms with Crippen LogP contribution in [0, 0.1) is 11.3 Å². The highest BCUT2D eigenvalue weighted by atomic mass is 16.5. The molecule has 0 amide bonds. The fourth-order valence-corrected chi connectivity index (χ4v) is 3.58. The molecule has 0 fully saturated rings. The number of rotatable bonds is 14. The van der Waals surface area contributed by atoms with Crippen LogP contribution in [0.25, 0.3) is 0 Å². The molecule has 0 bridgehead atoms. The summed E-state index contributed by atoms with van der Waals surface area (Å²) < 4.78 is 11.2. The second-order valence-corrected chi connectivity index (χ2v) is 8.59. The number of esters is 1. The van der Waals surface area contributed by atoms with Crippen molar-refractivity contribution in [2.24, 2.45) is 10.2 Å². The molecule has 0 spiro atoms. The Hall–Kier alpha value is -3.98. The zero-order valence-corrected chi connectivity index (χ0v) is 20.9. The average Bonchev–Trinajstić information content (AvgIpc) is 2.92. The van der Waals surface area contributed by atoms with Crippen LogP contribution < -0.4 is 9.47 Å². The third kappa shape index (κ3) is 9.34. The van der Waals surface area contributed by atoms with E-state index in [1.807, 2.05) is 30.3 Å². The number of benzene rings is 3. The van der Waals surface area contributed by atoms with Crippen molar-refractivity contribution in [1.82, 2.24) is 0 Å². The SMILES string of the molecule is CCCCCCCCCCOc1ccc(N=Nc2ccc(OC(=O)c3ccc(C#N)cc3)cc2)cc1. The van der Waals surface area contributed by atoms with Crippen molar-refractivity contribution in [1.29, 1.82) is 5.26 Å². The first-order valence-corrected chi connectivity index (χ1v) is 12.6. The van der Waals surface area contributed by atoms with E-state index in [0.29, 0.717) is 22.6 Å². The second kappa shape index (κ2) is 15.1. The molecule has 0 heterocycles. The highest BCUT2D eigenvalue weighted by Crippen LogP contribution is 2.24. The van der Waals surface area contributed by atoms with Gasteiger partial charge in [0.25, 0.3) is 0 Å². The molecular weight excluding hydrogens is 450 g/mol. The molecule has 0 saturated heterocycles. The van der Waals surface area contributed by atoms with Crippen LogP contribution >= 0.6 is 0 Å². The Bertz CT molecular complexity index is 1130. The summed E-state index contributed by atoms with van der Waals surface area (Å²) in [5, 5.41) is 17.3. The first kappa shape index (κ1) is 26.6. The highest BCUT2D eigenvalue weighted by molar-refractivity contribution is 5.91. The zero-order chi connectivity index (χ0) is 25.4. The van der Waals surface area contributed by atoms with Crippen molar-refractivity contribution in [2.75, 3.05) is 6.61 Å². The Morgan fingerprint density at radius 1 is 0.722 bits per heavy atom. The van der Waals surface area contributed by atoms with Crippen LogP contribution in [0.3, 0.4) is 0 Å². The summed E-state index contributed by atoms with van der Waals surface area (Å²) in [6.07, 6.45) is 10.3. The van der Waals surface area contributed by atoms with Gasteiger partial charge in [0.1, 0.15) is 11.5 Å². The Balaban J connectivity index is 1.39. The van der Waals surface area contributed by atoms with E-state index in [2.05, 4.69) is 17.2 Å². The topological polar surface area (TPSA) is 84.0 Å². The van der Waals surface area contributed by atoms with Crippen molar-refractivity contribution in [3.8, 4) is 17.6 Å². The van der Waals surface area contributed by atoms with Gasteiger partial charge in [0.2, 0.25) is 0 Å². The van der Waals surface area contributed by atoms with Gasteiger partial charge in [-0.05, 0) is 79.2 Å². The van der Waals surface area contributed by atoms with Crippen molar-refractivity contribution in [3.05, 3.63) is 83.9 Å². The monoisotopic (exact) mass is 483 g/mol. The lowest BCUT2D eigenvalue weighted by Gasteiger charge is -2.06. The predicted octanol–water partition coefficient (Wildman–Crippen LogP) is 8.71. The average molecular weight is 484 g/mol. The summed E-state index contributed by atoms with van der Waals surface area (Å²) in [5.41, 5.74) is 2.24. The number of hydrogen-bond acceptors (Lipinski definition) is 6. The maximum Gasteiger partial charge on any atom is 0.343 e. The Morgan fingerprint density at radius 2 is 1.25 bits per heavy atom. The van der Waals surface area contributed by atoms with E-state index >= 15 is 0 Å². The fraction of sp³-hybridized carbons (Fsp3) is 0.333. The molecule has 0 N–H and O–H groups in total. The van der Waals surface area contributed by atoms with Crippen molar-refractivity contribution >= 4 is 17.3 Å². The number of nitrogens with zero attached hydrogens (tertiary/aromatic N) is 3. The lowest BCUT2D eigenvalue weighted by Crippen LogP contribution is -2.08. The molecule has 0 radical (unpaired) electrons. The van der Waals surface area contributed by atoms with E-state index in [0.717, 1.165) is 24.5 Å². The number of nitriles is 1. The normalized spacial score (nSPS) is 10.8. The minimum absolute atomic E-state index is 0.378. The number of ether oxygens (including phenoxy) is 2. The van der Waals surface area contributed by atoms with E-state index in [1.54, 1.807) is 48.5 Å². The van der Waals surface area contributed by atoms with Crippen LogP contribution in [0.1, 0.15) is 74.2 Å². The van der Waals surface area contributed by atoms with Crippen LogP contribution in [0.2, 0.25) is 0 Å². The van der Waals surface area contributed by atoms with Crippen LogP contribution in [-0.2, 0) is 0 Å². The minimum Gasteiger partial charge on any atom is -0.494 e. The number of azo groups is 1. The molecule has 0 atom stereocenters. The molecular formula is C30H33N3O3. The van der Waals surface area contributed by atoms with Crippen LogP contribution in [-0.4, -0.2) is 12.6 Å².